The van der Waals surface area contributed by atoms with Crippen LogP contribution in [0.15, 0.2) is 0 Å². The first-order valence-electron chi connectivity index (χ1n) is 4.22. The van der Waals surface area contributed by atoms with Crippen molar-refractivity contribution in [3.63, 3.8) is 0 Å². The van der Waals surface area contributed by atoms with Gasteiger partial charge in [-0.2, -0.15) is 0 Å². The third kappa shape index (κ3) is 5.22. The van der Waals surface area contributed by atoms with E-state index in [2.05, 4.69) is 20.8 Å². The summed E-state index contributed by atoms with van der Waals surface area (Å²) in [6, 6.07) is 0. The number of methoxy groups -OCH3 is 1. The van der Waals surface area contributed by atoms with Crippen LogP contribution in [0.4, 0.5) is 0 Å². The van der Waals surface area contributed by atoms with Gasteiger partial charge in [0.1, 0.15) is 0 Å². The zero-order valence-electron chi connectivity index (χ0n) is 7.80. The van der Waals surface area contributed by atoms with Crippen LogP contribution in [0.2, 0.25) is 0 Å². The van der Waals surface area contributed by atoms with Crippen molar-refractivity contribution in [3.05, 3.63) is 6.92 Å². The van der Waals surface area contributed by atoms with E-state index in [9.17, 15) is 0 Å². The van der Waals surface area contributed by atoms with Gasteiger partial charge in [-0.15, -0.1) is 0 Å². The predicted molar refractivity (Wildman–Crippen MR) is 46.5 cm³/mol. The summed E-state index contributed by atoms with van der Waals surface area (Å²) in [6.07, 6.45) is 2.29. The average Bonchev–Trinajstić information content (AvgIpc) is 2.06. The van der Waals surface area contributed by atoms with Crippen molar-refractivity contribution >= 4 is 0 Å². The lowest BCUT2D eigenvalue weighted by atomic mass is 10.3. The Balaban J connectivity index is 3.34. The minimum absolute atomic E-state index is 0.110. The number of hydrogen-bond donors (Lipinski definition) is 0. The summed E-state index contributed by atoms with van der Waals surface area (Å²) in [5, 5.41) is 0. The molecule has 0 aliphatic carbocycles. The largest absolute Gasteiger partial charge is 0.379 e. The van der Waals surface area contributed by atoms with E-state index >= 15 is 0 Å². The van der Waals surface area contributed by atoms with Gasteiger partial charge >= 0.3 is 0 Å². The van der Waals surface area contributed by atoms with Crippen molar-refractivity contribution in [2.45, 2.75) is 38.9 Å². The fraction of sp³-hybridized carbons (Fsp3) is 0.889. The van der Waals surface area contributed by atoms with E-state index in [1.165, 1.54) is 0 Å². The van der Waals surface area contributed by atoms with Gasteiger partial charge in [0.25, 0.3) is 0 Å². The molecule has 0 N–H and O–H groups in total. The number of hydrogen-bond acceptors (Lipinski definition) is 2. The quantitative estimate of drug-likeness (QED) is 0.590. The molecule has 0 fully saturated rings. The zero-order valence-corrected chi connectivity index (χ0v) is 7.80. The highest BCUT2D eigenvalue weighted by Crippen LogP contribution is 2.01. The van der Waals surface area contributed by atoms with Crippen molar-refractivity contribution in [2.24, 2.45) is 0 Å². The maximum atomic E-state index is 5.40. The Labute approximate surface area is 69.9 Å². The molecular formula is C9H19O2. The van der Waals surface area contributed by atoms with Gasteiger partial charge in [-0.25, -0.2) is 0 Å². The van der Waals surface area contributed by atoms with Crippen LogP contribution in [-0.4, -0.2) is 25.9 Å². The van der Waals surface area contributed by atoms with Crippen LogP contribution >= 0.6 is 0 Å². The van der Waals surface area contributed by atoms with Crippen molar-refractivity contribution in [2.75, 3.05) is 13.7 Å². The minimum Gasteiger partial charge on any atom is -0.379 e. The monoisotopic (exact) mass is 159 g/mol. The molecule has 2 nitrogen and oxygen atoms in total. The second-order valence-corrected chi connectivity index (χ2v) is 2.63. The first kappa shape index (κ1) is 10.9. The van der Waals surface area contributed by atoms with Gasteiger partial charge in [-0.1, -0.05) is 13.8 Å². The van der Waals surface area contributed by atoms with Gasteiger partial charge in [-0.05, 0) is 19.8 Å². The van der Waals surface area contributed by atoms with Crippen LogP contribution in [-0.2, 0) is 9.47 Å². The Morgan fingerprint density at radius 1 is 1.27 bits per heavy atom. The Morgan fingerprint density at radius 2 is 1.91 bits per heavy atom. The molecule has 2 heteroatoms. The number of ether oxygens (including phenoxy) is 2. The van der Waals surface area contributed by atoms with E-state index in [-0.39, 0.29) is 12.2 Å². The second kappa shape index (κ2) is 6.62. The van der Waals surface area contributed by atoms with Crippen LogP contribution in [0.3, 0.4) is 0 Å². The molecule has 0 amide bonds. The summed E-state index contributed by atoms with van der Waals surface area (Å²) < 4.78 is 10.5. The van der Waals surface area contributed by atoms with Gasteiger partial charge in [0.05, 0.1) is 18.8 Å². The third-order valence-electron chi connectivity index (χ3n) is 1.76. The highest BCUT2D eigenvalue weighted by molar-refractivity contribution is 4.59. The van der Waals surface area contributed by atoms with E-state index < -0.39 is 0 Å². The normalized spacial score (nSPS) is 16.4. The molecule has 0 bridgehead atoms. The zero-order chi connectivity index (χ0) is 8.69. The number of rotatable bonds is 6. The van der Waals surface area contributed by atoms with Crippen LogP contribution in [0.1, 0.15) is 26.7 Å². The van der Waals surface area contributed by atoms with Crippen molar-refractivity contribution in [3.8, 4) is 0 Å². The molecule has 11 heavy (non-hydrogen) atoms. The van der Waals surface area contributed by atoms with E-state index in [0.717, 1.165) is 12.8 Å². The summed E-state index contributed by atoms with van der Waals surface area (Å²) >= 11 is 0. The highest BCUT2D eigenvalue weighted by Gasteiger charge is 2.06. The maximum Gasteiger partial charge on any atom is 0.0802 e. The molecule has 0 rings (SSSR count). The van der Waals surface area contributed by atoms with E-state index in [0.29, 0.717) is 6.61 Å². The minimum atomic E-state index is 0.110. The molecule has 0 saturated carbocycles. The molecule has 0 spiro atoms. The van der Waals surface area contributed by atoms with Crippen molar-refractivity contribution < 1.29 is 9.47 Å². The van der Waals surface area contributed by atoms with Gasteiger partial charge in [0.15, 0.2) is 0 Å². The Morgan fingerprint density at radius 3 is 2.27 bits per heavy atom. The molecule has 0 aromatic carbocycles. The van der Waals surface area contributed by atoms with Crippen molar-refractivity contribution in [1.82, 2.24) is 0 Å². The molecule has 2 atom stereocenters. The van der Waals surface area contributed by atoms with E-state index in [1.54, 1.807) is 7.11 Å². The highest BCUT2D eigenvalue weighted by atomic mass is 16.5. The topological polar surface area (TPSA) is 18.5 Å². The molecule has 0 heterocycles. The van der Waals surface area contributed by atoms with Crippen LogP contribution in [0.5, 0.6) is 0 Å². The van der Waals surface area contributed by atoms with Gasteiger partial charge in [0, 0.05) is 7.11 Å². The molecule has 0 aromatic heterocycles. The molecule has 2 unspecified atom stereocenters. The Bertz CT molecular complexity index is 79.6. The molecule has 0 aromatic rings. The van der Waals surface area contributed by atoms with Crippen LogP contribution < -0.4 is 0 Å². The van der Waals surface area contributed by atoms with Gasteiger partial charge < -0.3 is 9.47 Å². The lowest BCUT2D eigenvalue weighted by Crippen LogP contribution is -2.20. The van der Waals surface area contributed by atoms with E-state index in [1.807, 2.05) is 0 Å². The summed E-state index contributed by atoms with van der Waals surface area (Å²) in [6.45, 7) is 8.63. The second-order valence-electron chi connectivity index (χ2n) is 2.63. The lowest BCUT2D eigenvalue weighted by molar-refractivity contribution is -0.0151. The molecule has 0 aliphatic rings. The van der Waals surface area contributed by atoms with Gasteiger partial charge in [0.2, 0.25) is 0 Å². The first-order chi connectivity index (χ1) is 5.24. The van der Waals surface area contributed by atoms with E-state index in [4.69, 9.17) is 9.47 Å². The fourth-order valence-corrected chi connectivity index (χ4v) is 0.714. The third-order valence-corrected chi connectivity index (χ3v) is 1.76. The molecular weight excluding hydrogens is 140 g/mol. The molecule has 1 radical (unpaired) electrons. The van der Waals surface area contributed by atoms with Gasteiger partial charge in [-0.3, -0.25) is 0 Å². The first-order valence-corrected chi connectivity index (χ1v) is 4.22. The average molecular weight is 159 g/mol. The van der Waals surface area contributed by atoms with Crippen LogP contribution in [0.25, 0.3) is 0 Å². The van der Waals surface area contributed by atoms with Crippen LogP contribution in [0, 0.1) is 6.92 Å². The summed E-state index contributed by atoms with van der Waals surface area (Å²) in [5.74, 6) is 0. The van der Waals surface area contributed by atoms with Crippen molar-refractivity contribution in [1.29, 1.82) is 0 Å². The summed E-state index contributed by atoms with van der Waals surface area (Å²) in [4.78, 5) is 0. The summed E-state index contributed by atoms with van der Waals surface area (Å²) in [7, 11) is 1.71. The standard InChI is InChI=1S/C9H19O2/c1-5-8(3)11-7-9(6-2)10-4/h8-9H,3,5-7H2,1-2,4H3. The Hall–Kier alpha value is -0.0800. The Kier molecular flexibility index (Phi) is 6.57. The molecule has 67 valence electrons. The predicted octanol–water partition coefficient (Wildman–Crippen LogP) is 2.04. The molecule has 0 aliphatic heterocycles. The fourth-order valence-electron chi connectivity index (χ4n) is 0.714. The maximum absolute atomic E-state index is 5.40. The summed E-state index contributed by atoms with van der Waals surface area (Å²) in [5.41, 5.74) is 0. The lowest BCUT2D eigenvalue weighted by Gasteiger charge is -2.16. The smallest absolute Gasteiger partial charge is 0.0802 e. The molecule has 0 saturated heterocycles. The SMILES string of the molecule is [CH2]C(CC)OCC(CC)OC.